The van der Waals surface area contributed by atoms with Crippen LogP contribution in [-0.4, -0.2) is 30.4 Å². The Kier molecular flexibility index (Phi) is 6.17. The smallest absolute Gasteiger partial charge is 0.462 e. The summed E-state index contributed by atoms with van der Waals surface area (Å²) in [6.07, 6.45) is -3.64. The van der Waals surface area contributed by atoms with Crippen molar-refractivity contribution in [1.82, 2.24) is 4.98 Å². The number of benzene rings is 2. The van der Waals surface area contributed by atoms with Gasteiger partial charge in [-0.1, -0.05) is 38.1 Å². The molecule has 0 aliphatic carbocycles. The number of carbonyl (C=O) groups excluding carboxylic acids is 1. The maximum Gasteiger partial charge on any atom is 0.586 e. The van der Waals surface area contributed by atoms with Crippen molar-refractivity contribution >= 4 is 11.8 Å². The van der Waals surface area contributed by atoms with E-state index in [4.69, 9.17) is 9.72 Å². The molecule has 6 nitrogen and oxygen atoms in total. The Labute approximate surface area is 196 Å². The summed E-state index contributed by atoms with van der Waals surface area (Å²) in [5, 5.41) is 3.34. The van der Waals surface area contributed by atoms with Gasteiger partial charge in [0.2, 0.25) is 0 Å². The molecule has 0 atom stereocenters. The fourth-order valence-electron chi connectivity index (χ4n) is 3.71. The van der Waals surface area contributed by atoms with Gasteiger partial charge in [0.1, 0.15) is 5.82 Å². The number of pyridine rings is 1. The third-order valence-corrected chi connectivity index (χ3v) is 5.64. The van der Waals surface area contributed by atoms with Crippen LogP contribution in [0, 0.1) is 6.92 Å². The van der Waals surface area contributed by atoms with Crippen LogP contribution in [0.4, 0.5) is 14.6 Å². The van der Waals surface area contributed by atoms with Crippen LogP contribution in [0.2, 0.25) is 0 Å². The van der Waals surface area contributed by atoms with Gasteiger partial charge < -0.3 is 19.5 Å². The van der Waals surface area contributed by atoms with Crippen molar-refractivity contribution in [2.24, 2.45) is 0 Å². The van der Waals surface area contributed by atoms with Crippen LogP contribution < -0.4 is 14.8 Å². The number of hydrogen-bond donors (Lipinski definition) is 1. The molecule has 0 fully saturated rings. The number of ether oxygens (including phenoxy) is 3. The van der Waals surface area contributed by atoms with Crippen molar-refractivity contribution in [1.29, 1.82) is 0 Å². The lowest BCUT2D eigenvalue weighted by Crippen LogP contribution is -2.28. The van der Waals surface area contributed by atoms with Crippen molar-refractivity contribution in [2.75, 3.05) is 18.5 Å². The number of carbonyl (C=O) groups is 1. The third-order valence-electron chi connectivity index (χ3n) is 5.64. The number of rotatable bonds is 7. The van der Waals surface area contributed by atoms with Gasteiger partial charge in [-0.15, -0.1) is 8.78 Å². The predicted octanol–water partition coefficient (Wildman–Crippen LogP) is 5.94. The number of esters is 1. The van der Waals surface area contributed by atoms with Crippen molar-refractivity contribution < 1.29 is 27.8 Å². The zero-order valence-electron chi connectivity index (χ0n) is 19.4. The molecule has 3 aromatic rings. The molecular weight excluding hydrogens is 442 g/mol. The van der Waals surface area contributed by atoms with Crippen LogP contribution in [0.25, 0.3) is 11.3 Å². The number of alkyl halides is 2. The Morgan fingerprint density at radius 3 is 2.62 bits per heavy atom. The summed E-state index contributed by atoms with van der Waals surface area (Å²) in [6.45, 7) is 8.50. The molecule has 0 bridgehead atoms. The number of nitrogens with one attached hydrogen (secondary N) is 1. The second kappa shape index (κ2) is 8.93. The Bertz CT molecular complexity index is 1230. The average Bonchev–Trinajstić information content (AvgIpc) is 3.11. The monoisotopic (exact) mass is 468 g/mol. The minimum Gasteiger partial charge on any atom is -0.462 e. The zero-order chi connectivity index (χ0) is 24.5. The number of nitrogens with zero attached hydrogens (tertiary/aromatic N) is 1. The van der Waals surface area contributed by atoms with Crippen molar-refractivity contribution in [3.63, 3.8) is 0 Å². The second-order valence-electron chi connectivity index (χ2n) is 8.73. The van der Waals surface area contributed by atoms with Gasteiger partial charge in [0, 0.05) is 17.5 Å². The highest BCUT2D eigenvalue weighted by Crippen LogP contribution is 2.43. The summed E-state index contributed by atoms with van der Waals surface area (Å²) < 4.78 is 40.9. The van der Waals surface area contributed by atoms with Crippen LogP contribution in [0.5, 0.6) is 11.5 Å². The van der Waals surface area contributed by atoms with E-state index in [1.165, 1.54) is 6.07 Å². The SMILES string of the molecule is CCOC(=O)c1cccc(-c2nc(NCC(C)(C)c3ccc4c(c3)OC(F)(F)O4)ccc2C)c1. The van der Waals surface area contributed by atoms with Gasteiger partial charge in [-0.2, -0.15) is 0 Å². The van der Waals surface area contributed by atoms with Gasteiger partial charge in [0.15, 0.2) is 11.5 Å². The molecule has 0 saturated heterocycles. The van der Waals surface area contributed by atoms with Gasteiger partial charge in [0.25, 0.3) is 0 Å². The van der Waals surface area contributed by atoms with Crippen LogP contribution in [0.3, 0.4) is 0 Å². The molecular formula is C26H26F2N2O4. The number of anilines is 1. The lowest BCUT2D eigenvalue weighted by atomic mass is 9.84. The maximum atomic E-state index is 13.4. The fraction of sp³-hybridized carbons (Fsp3) is 0.308. The standard InChI is InChI=1S/C26H26F2N2O4/c1-5-32-24(31)18-8-6-7-17(13-18)23-16(2)9-12-22(30-23)29-15-25(3,4)19-10-11-20-21(14-19)34-26(27,28)33-20/h6-14H,5,15H2,1-4H3,(H,29,30). The van der Waals surface area contributed by atoms with E-state index in [9.17, 15) is 13.6 Å². The van der Waals surface area contributed by atoms with Crippen LogP contribution >= 0.6 is 0 Å². The lowest BCUT2D eigenvalue weighted by molar-refractivity contribution is -0.286. The molecule has 2 heterocycles. The summed E-state index contributed by atoms with van der Waals surface area (Å²) in [4.78, 5) is 16.9. The van der Waals surface area contributed by atoms with Gasteiger partial charge in [0.05, 0.1) is 17.9 Å². The maximum absolute atomic E-state index is 13.4. The topological polar surface area (TPSA) is 69.7 Å². The van der Waals surface area contributed by atoms with E-state index in [2.05, 4.69) is 14.8 Å². The first kappa shape index (κ1) is 23.5. The fourth-order valence-corrected chi connectivity index (χ4v) is 3.71. The molecule has 0 unspecified atom stereocenters. The number of hydrogen-bond acceptors (Lipinski definition) is 6. The molecule has 1 N–H and O–H groups in total. The normalized spacial score (nSPS) is 14.1. The highest BCUT2D eigenvalue weighted by atomic mass is 19.3. The first-order valence-electron chi connectivity index (χ1n) is 11.0. The van der Waals surface area contributed by atoms with Crippen molar-refractivity contribution in [3.8, 4) is 22.8 Å². The Balaban J connectivity index is 1.52. The first-order valence-corrected chi connectivity index (χ1v) is 11.0. The molecule has 8 heteroatoms. The minimum absolute atomic E-state index is 0.0207. The molecule has 4 rings (SSSR count). The number of fused-ring (bicyclic) bond motifs is 1. The summed E-state index contributed by atoms with van der Waals surface area (Å²) in [7, 11) is 0. The van der Waals surface area contributed by atoms with E-state index in [1.807, 2.05) is 39.0 Å². The van der Waals surface area contributed by atoms with E-state index in [-0.39, 0.29) is 17.5 Å². The van der Waals surface area contributed by atoms with Crippen LogP contribution in [-0.2, 0) is 10.2 Å². The molecule has 1 aromatic heterocycles. The molecule has 0 amide bonds. The predicted molar refractivity (Wildman–Crippen MR) is 125 cm³/mol. The van der Waals surface area contributed by atoms with Gasteiger partial charge in [-0.25, -0.2) is 9.78 Å². The second-order valence-corrected chi connectivity index (χ2v) is 8.73. The Morgan fingerprint density at radius 2 is 1.85 bits per heavy atom. The van der Waals surface area contributed by atoms with E-state index in [0.717, 1.165) is 22.4 Å². The lowest BCUT2D eigenvalue weighted by Gasteiger charge is -2.26. The van der Waals surface area contributed by atoms with E-state index >= 15 is 0 Å². The van der Waals surface area contributed by atoms with Crippen molar-refractivity contribution in [3.05, 3.63) is 71.3 Å². The molecule has 2 aromatic carbocycles. The van der Waals surface area contributed by atoms with Crippen molar-refractivity contribution in [2.45, 2.75) is 39.4 Å². The first-order chi connectivity index (χ1) is 16.1. The van der Waals surface area contributed by atoms with E-state index in [0.29, 0.717) is 24.5 Å². The Hall–Kier alpha value is -3.68. The highest BCUT2D eigenvalue weighted by Gasteiger charge is 2.43. The molecule has 1 aliphatic rings. The quantitative estimate of drug-likeness (QED) is 0.433. The summed E-state index contributed by atoms with van der Waals surface area (Å²) in [5.41, 5.74) is 3.37. The van der Waals surface area contributed by atoms with Gasteiger partial charge >= 0.3 is 12.3 Å². The minimum atomic E-state index is -3.64. The molecule has 0 spiro atoms. The number of halogens is 2. The van der Waals surface area contributed by atoms with Gasteiger partial charge in [-0.3, -0.25) is 0 Å². The molecule has 0 saturated carbocycles. The average molecular weight is 469 g/mol. The van der Waals surface area contributed by atoms with Crippen LogP contribution in [0.15, 0.2) is 54.6 Å². The van der Waals surface area contributed by atoms with E-state index in [1.54, 1.807) is 37.3 Å². The van der Waals surface area contributed by atoms with Crippen LogP contribution in [0.1, 0.15) is 42.3 Å². The summed E-state index contributed by atoms with van der Waals surface area (Å²) in [6, 6.07) is 15.8. The Morgan fingerprint density at radius 1 is 1.09 bits per heavy atom. The highest BCUT2D eigenvalue weighted by molar-refractivity contribution is 5.91. The summed E-state index contributed by atoms with van der Waals surface area (Å²) >= 11 is 0. The molecule has 178 valence electrons. The van der Waals surface area contributed by atoms with Gasteiger partial charge in [-0.05, 0) is 55.3 Å². The number of aromatic nitrogens is 1. The molecule has 1 aliphatic heterocycles. The third kappa shape index (κ3) is 4.95. The number of aryl methyl sites for hydroxylation is 1. The summed E-state index contributed by atoms with van der Waals surface area (Å²) in [5.74, 6) is 0.321. The molecule has 34 heavy (non-hydrogen) atoms. The molecule has 0 radical (unpaired) electrons. The largest absolute Gasteiger partial charge is 0.586 e. The zero-order valence-corrected chi connectivity index (χ0v) is 19.4. The van der Waals surface area contributed by atoms with E-state index < -0.39 is 11.7 Å².